The molecule has 0 N–H and O–H groups in total. The number of carbonyl (C=O) groups excluding carboxylic acids is 1. The molecule has 0 spiro atoms. The molecule has 19 heavy (non-hydrogen) atoms. The normalized spacial score (nSPS) is 10.2. The highest BCUT2D eigenvalue weighted by Gasteiger charge is 2.08. The summed E-state index contributed by atoms with van der Waals surface area (Å²) in [6, 6.07) is 4.98. The first-order chi connectivity index (χ1) is 9.22. The second-order valence-corrected chi connectivity index (χ2v) is 3.74. The standard InChI is InChI=1S/C12H14N4O3/c1-3-18-11-6-9(7-17)4-5-10(11)19-8-12-13-15-16(2)14-12/h4-7H,3,8H2,1-2H3. The van der Waals surface area contributed by atoms with Gasteiger partial charge in [0.25, 0.3) is 0 Å². The van der Waals surface area contributed by atoms with Crippen molar-refractivity contribution in [2.75, 3.05) is 6.61 Å². The van der Waals surface area contributed by atoms with E-state index < -0.39 is 0 Å². The first-order valence-corrected chi connectivity index (χ1v) is 5.80. The summed E-state index contributed by atoms with van der Waals surface area (Å²) in [6.45, 7) is 2.54. The largest absolute Gasteiger partial charge is 0.490 e. The van der Waals surface area contributed by atoms with Crippen molar-refractivity contribution in [3.8, 4) is 11.5 Å². The Kier molecular flexibility index (Phi) is 4.07. The van der Waals surface area contributed by atoms with Crippen molar-refractivity contribution in [1.29, 1.82) is 0 Å². The summed E-state index contributed by atoms with van der Waals surface area (Å²) >= 11 is 0. The van der Waals surface area contributed by atoms with E-state index in [0.29, 0.717) is 29.5 Å². The molecule has 1 aromatic carbocycles. The van der Waals surface area contributed by atoms with Gasteiger partial charge in [-0.15, -0.1) is 10.2 Å². The van der Waals surface area contributed by atoms with Gasteiger partial charge in [0.05, 0.1) is 13.7 Å². The Hall–Kier alpha value is -2.44. The van der Waals surface area contributed by atoms with Gasteiger partial charge < -0.3 is 9.47 Å². The van der Waals surface area contributed by atoms with E-state index in [1.165, 1.54) is 4.80 Å². The van der Waals surface area contributed by atoms with Crippen LogP contribution in [0.1, 0.15) is 23.1 Å². The van der Waals surface area contributed by atoms with Crippen molar-refractivity contribution < 1.29 is 14.3 Å². The Bertz CT molecular complexity index is 568. The van der Waals surface area contributed by atoms with E-state index in [1.54, 1.807) is 25.2 Å². The van der Waals surface area contributed by atoms with Crippen molar-refractivity contribution in [3.05, 3.63) is 29.6 Å². The van der Waals surface area contributed by atoms with Crippen molar-refractivity contribution in [1.82, 2.24) is 20.2 Å². The number of nitrogens with zero attached hydrogens (tertiary/aromatic N) is 4. The third kappa shape index (κ3) is 3.27. The topological polar surface area (TPSA) is 79.1 Å². The van der Waals surface area contributed by atoms with E-state index in [0.717, 1.165) is 6.29 Å². The lowest BCUT2D eigenvalue weighted by Crippen LogP contribution is -2.02. The SMILES string of the molecule is CCOc1cc(C=O)ccc1OCc1nnn(C)n1. The minimum absolute atomic E-state index is 0.189. The number of ether oxygens (including phenoxy) is 2. The highest BCUT2D eigenvalue weighted by molar-refractivity contribution is 5.76. The third-order valence-corrected chi connectivity index (χ3v) is 2.31. The van der Waals surface area contributed by atoms with E-state index in [-0.39, 0.29) is 6.61 Å². The van der Waals surface area contributed by atoms with Crippen LogP contribution in [-0.4, -0.2) is 33.1 Å². The predicted molar refractivity (Wildman–Crippen MR) is 66.1 cm³/mol. The Morgan fingerprint density at radius 1 is 1.32 bits per heavy atom. The van der Waals surface area contributed by atoms with Gasteiger partial charge in [-0.25, -0.2) is 0 Å². The van der Waals surface area contributed by atoms with Crippen LogP contribution >= 0.6 is 0 Å². The van der Waals surface area contributed by atoms with Crippen LogP contribution in [0.4, 0.5) is 0 Å². The zero-order valence-electron chi connectivity index (χ0n) is 10.7. The van der Waals surface area contributed by atoms with Crippen LogP contribution in [0.3, 0.4) is 0 Å². The summed E-state index contributed by atoms with van der Waals surface area (Å²) in [6.07, 6.45) is 0.760. The van der Waals surface area contributed by atoms with Crippen molar-refractivity contribution >= 4 is 6.29 Å². The van der Waals surface area contributed by atoms with Crippen LogP contribution in [0.25, 0.3) is 0 Å². The molecule has 1 heterocycles. The van der Waals surface area contributed by atoms with Gasteiger partial charge in [-0.3, -0.25) is 4.79 Å². The van der Waals surface area contributed by atoms with Crippen LogP contribution in [0, 0.1) is 0 Å². The molecular formula is C12H14N4O3. The molecule has 100 valence electrons. The smallest absolute Gasteiger partial charge is 0.212 e. The van der Waals surface area contributed by atoms with Gasteiger partial charge in [0.2, 0.25) is 5.82 Å². The number of benzene rings is 1. The average molecular weight is 262 g/mol. The highest BCUT2D eigenvalue weighted by Crippen LogP contribution is 2.28. The molecule has 1 aromatic heterocycles. The Morgan fingerprint density at radius 2 is 2.16 bits per heavy atom. The van der Waals surface area contributed by atoms with Crippen LogP contribution in [-0.2, 0) is 13.7 Å². The van der Waals surface area contributed by atoms with Crippen LogP contribution in [0.5, 0.6) is 11.5 Å². The van der Waals surface area contributed by atoms with Gasteiger partial charge >= 0.3 is 0 Å². The monoisotopic (exact) mass is 262 g/mol. The fraction of sp³-hybridized carbons (Fsp3) is 0.333. The molecule has 0 aliphatic carbocycles. The highest BCUT2D eigenvalue weighted by atomic mass is 16.5. The zero-order valence-corrected chi connectivity index (χ0v) is 10.7. The number of hydrogen-bond donors (Lipinski definition) is 0. The average Bonchev–Trinajstić information content (AvgIpc) is 2.83. The van der Waals surface area contributed by atoms with Gasteiger partial charge in [-0.1, -0.05) is 0 Å². The molecule has 0 fully saturated rings. The van der Waals surface area contributed by atoms with E-state index >= 15 is 0 Å². The number of aldehydes is 1. The molecule has 7 nitrogen and oxygen atoms in total. The van der Waals surface area contributed by atoms with Gasteiger partial charge in [-0.2, -0.15) is 4.80 Å². The van der Waals surface area contributed by atoms with Gasteiger partial charge in [-0.05, 0) is 30.3 Å². The molecule has 0 amide bonds. The van der Waals surface area contributed by atoms with E-state index in [1.807, 2.05) is 6.92 Å². The van der Waals surface area contributed by atoms with Gasteiger partial charge in [0.15, 0.2) is 18.1 Å². The molecule has 0 saturated heterocycles. The predicted octanol–water partition coefficient (Wildman–Crippen LogP) is 1.00. The second kappa shape index (κ2) is 5.94. The van der Waals surface area contributed by atoms with Crippen LogP contribution < -0.4 is 9.47 Å². The lowest BCUT2D eigenvalue weighted by molar-refractivity contribution is 0.112. The number of carbonyl (C=O) groups is 1. The minimum Gasteiger partial charge on any atom is -0.490 e. The van der Waals surface area contributed by atoms with Crippen molar-refractivity contribution in [2.45, 2.75) is 13.5 Å². The molecule has 2 aromatic rings. The van der Waals surface area contributed by atoms with E-state index in [9.17, 15) is 4.79 Å². The second-order valence-electron chi connectivity index (χ2n) is 3.74. The van der Waals surface area contributed by atoms with Crippen molar-refractivity contribution in [2.24, 2.45) is 7.05 Å². The molecule has 0 unspecified atom stereocenters. The summed E-state index contributed by atoms with van der Waals surface area (Å²) in [5.74, 6) is 1.54. The van der Waals surface area contributed by atoms with Gasteiger partial charge in [0.1, 0.15) is 6.29 Å². The van der Waals surface area contributed by atoms with Crippen LogP contribution in [0.15, 0.2) is 18.2 Å². The Labute approximate surface area is 110 Å². The maximum absolute atomic E-state index is 10.7. The minimum atomic E-state index is 0.189. The quantitative estimate of drug-likeness (QED) is 0.722. The molecule has 0 aliphatic heterocycles. The van der Waals surface area contributed by atoms with E-state index in [4.69, 9.17) is 9.47 Å². The molecule has 0 aliphatic rings. The zero-order chi connectivity index (χ0) is 13.7. The maximum Gasteiger partial charge on any atom is 0.212 e. The number of hydrogen-bond acceptors (Lipinski definition) is 6. The fourth-order valence-corrected chi connectivity index (χ4v) is 1.51. The summed E-state index contributed by atoms with van der Waals surface area (Å²) in [7, 11) is 1.68. The first kappa shape index (κ1) is 13.0. The number of aryl methyl sites for hydroxylation is 1. The molecule has 7 heteroatoms. The summed E-state index contributed by atoms with van der Waals surface area (Å²) in [5, 5.41) is 11.5. The third-order valence-electron chi connectivity index (χ3n) is 2.31. The molecular weight excluding hydrogens is 248 g/mol. The molecule has 2 rings (SSSR count). The summed E-state index contributed by atoms with van der Waals surface area (Å²) in [4.78, 5) is 12.1. The Balaban J connectivity index is 2.12. The molecule has 0 saturated carbocycles. The molecule has 0 atom stereocenters. The summed E-state index contributed by atoms with van der Waals surface area (Å²) in [5.41, 5.74) is 0.536. The van der Waals surface area contributed by atoms with Crippen LogP contribution in [0.2, 0.25) is 0 Å². The first-order valence-electron chi connectivity index (χ1n) is 5.80. The maximum atomic E-state index is 10.7. The number of rotatable bonds is 6. The lowest BCUT2D eigenvalue weighted by Gasteiger charge is -2.10. The summed E-state index contributed by atoms with van der Waals surface area (Å²) < 4.78 is 11.0. The molecule has 0 bridgehead atoms. The Morgan fingerprint density at radius 3 is 2.79 bits per heavy atom. The number of aromatic nitrogens is 4. The van der Waals surface area contributed by atoms with E-state index in [2.05, 4.69) is 15.4 Å². The molecule has 0 radical (unpaired) electrons. The van der Waals surface area contributed by atoms with Gasteiger partial charge in [0, 0.05) is 5.56 Å². The van der Waals surface area contributed by atoms with Crippen molar-refractivity contribution in [3.63, 3.8) is 0 Å². The number of tetrazole rings is 1. The fourth-order valence-electron chi connectivity index (χ4n) is 1.51. The lowest BCUT2D eigenvalue weighted by atomic mass is 10.2.